The molecule has 0 atom stereocenters. The number of carbonyl (C=O) groups excluding carboxylic acids is 1. The Hall–Kier alpha value is 0.0900. The first kappa shape index (κ1) is 13.5. The van der Waals surface area contributed by atoms with E-state index in [9.17, 15) is 4.79 Å². The summed E-state index contributed by atoms with van der Waals surface area (Å²) in [4.78, 5) is 12.6. The van der Waals surface area contributed by atoms with Crippen LogP contribution < -0.4 is 5.32 Å². The Morgan fingerprint density at radius 1 is 1.59 bits per heavy atom. The summed E-state index contributed by atoms with van der Waals surface area (Å²) in [6.45, 7) is 0.593. The Bertz CT molecular complexity index is 404. The minimum atomic E-state index is -0.124. The summed E-state index contributed by atoms with van der Waals surface area (Å²) >= 11 is 8.18. The van der Waals surface area contributed by atoms with Crippen molar-refractivity contribution in [1.29, 1.82) is 0 Å². The molecule has 0 aromatic carbocycles. The van der Waals surface area contributed by atoms with Gasteiger partial charge in [-0.25, -0.2) is 0 Å². The van der Waals surface area contributed by atoms with Gasteiger partial charge in [0.2, 0.25) is 0 Å². The summed E-state index contributed by atoms with van der Waals surface area (Å²) in [5.74, 6) is -0.0373. The molecule has 1 aromatic rings. The van der Waals surface area contributed by atoms with Crippen LogP contribution in [-0.2, 0) is 4.74 Å². The van der Waals surface area contributed by atoms with E-state index in [1.165, 1.54) is 17.8 Å². The molecule has 3 nitrogen and oxygen atoms in total. The maximum atomic E-state index is 11.9. The van der Waals surface area contributed by atoms with Gasteiger partial charge in [0.15, 0.2) is 0 Å². The summed E-state index contributed by atoms with van der Waals surface area (Å²) < 4.78 is 7.31. The number of carbonyl (C=O) groups is 1. The number of thiophene rings is 1. The van der Waals surface area contributed by atoms with Crippen LogP contribution in [0.1, 0.15) is 28.9 Å². The van der Waals surface area contributed by atoms with Crippen LogP contribution >= 0.6 is 43.2 Å². The fourth-order valence-corrected chi connectivity index (χ4v) is 3.76. The minimum absolute atomic E-state index is 0.0373. The second-order valence-corrected chi connectivity index (χ2v) is 7.38. The molecule has 1 aliphatic rings. The monoisotopic (exact) mass is 381 g/mol. The first-order valence-corrected chi connectivity index (χ1v) is 7.75. The molecule has 1 amide bonds. The van der Waals surface area contributed by atoms with Gasteiger partial charge in [-0.2, -0.15) is 0 Å². The van der Waals surface area contributed by atoms with Crippen molar-refractivity contribution in [1.82, 2.24) is 5.32 Å². The van der Waals surface area contributed by atoms with E-state index in [0.29, 0.717) is 11.4 Å². The highest BCUT2D eigenvalue weighted by Crippen LogP contribution is 2.35. The number of nitrogens with one attached hydrogen (secondary N) is 1. The zero-order valence-electron chi connectivity index (χ0n) is 9.39. The van der Waals surface area contributed by atoms with Gasteiger partial charge < -0.3 is 10.1 Å². The van der Waals surface area contributed by atoms with Gasteiger partial charge in [-0.15, -0.1) is 11.3 Å². The molecule has 1 aliphatic carbocycles. The fraction of sp³-hybridized carbons (Fsp3) is 0.545. The van der Waals surface area contributed by atoms with Crippen LogP contribution in [0.25, 0.3) is 0 Å². The highest BCUT2D eigenvalue weighted by molar-refractivity contribution is 9.13. The van der Waals surface area contributed by atoms with Crippen molar-refractivity contribution in [2.45, 2.75) is 24.9 Å². The van der Waals surface area contributed by atoms with Crippen LogP contribution in [0.4, 0.5) is 0 Å². The highest BCUT2D eigenvalue weighted by Gasteiger charge is 2.37. The third-order valence-corrected chi connectivity index (χ3v) is 6.39. The fourth-order valence-electron chi connectivity index (χ4n) is 1.81. The minimum Gasteiger partial charge on any atom is -0.376 e. The van der Waals surface area contributed by atoms with E-state index in [-0.39, 0.29) is 11.5 Å². The van der Waals surface area contributed by atoms with Crippen molar-refractivity contribution in [2.24, 2.45) is 0 Å². The predicted octanol–water partition coefficient (Wildman–Crippen LogP) is 3.57. The summed E-state index contributed by atoms with van der Waals surface area (Å²) in [5, 5.41) is 2.94. The number of methoxy groups -OCH3 is 1. The molecule has 17 heavy (non-hydrogen) atoms. The predicted molar refractivity (Wildman–Crippen MR) is 75.6 cm³/mol. The average molecular weight is 383 g/mol. The SMILES string of the molecule is COC1(CNC(=O)c2cc(Br)c(Br)s2)CCC1. The molecule has 0 saturated heterocycles. The van der Waals surface area contributed by atoms with Gasteiger partial charge in [-0.1, -0.05) is 0 Å². The zero-order chi connectivity index (χ0) is 12.5. The standard InChI is InChI=1S/C11H13Br2NO2S/c1-16-11(3-2-4-11)6-14-10(15)8-5-7(12)9(13)17-8/h5H,2-4,6H2,1H3,(H,14,15). The maximum Gasteiger partial charge on any atom is 0.261 e. The smallest absolute Gasteiger partial charge is 0.261 e. The van der Waals surface area contributed by atoms with Crippen molar-refractivity contribution < 1.29 is 9.53 Å². The van der Waals surface area contributed by atoms with Gasteiger partial charge in [0.25, 0.3) is 5.91 Å². The van der Waals surface area contributed by atoms with Crippen molar-refractivity contribution >= 4 is 49.1 Å². The topological polar surface area (TPSA) is 38.3 Å². The van der Waals surface area contributed by atoms with Crippen molar-refractivity contribution in [2.75, 3.05) is 13.7 Å². The molecule has 0 spiro atoms. The molecule has 1 heterocycles. The second kappa shape index (κ2) is 5.38. The van der Waals surface area contributed by atoms with Crippen LogP contribution in [0.5, 0.6) is 0 Å². The Morgan fingerprint density at radius 2 is 2.29 bits per heavy atom. The average Bonchev–Trinajstić information content (AvgIpc) is 2.58. The molecule has 0 unspecified atom stereocenters. The molecule has 1 fully saturated rings. The van der Waals surface area contributed by atoms with Crippen molar-refractivity contribution in [3.63, 3.8) is 0 Å². The van der Waals surface area contributed by atoms with E-state index in [0.717, 1.165) is 21.1 Å². The summed E-state index contributed by atoms with van der Waals surface area (Å²) in [5.41, 5.74) is -0.124. The largest absolute Gasteiger partial charge is 0.376 e. The summed E-state index contributed by atoms with van der Waals surface area (Å²) in [6.07, 6.45) is 3.24. The third kappa shape index (κ3) is 2.92. The number of hydrogen-bond acceptors (Lipinski definition) is 3. The molecule has 1 saturated carbocycles. The Balaban J connectivity index is 1.93. The zero-order valence-corrected chi connectivity index (χ0v) is 13.4. The Morgan fingerprint density at radius 3 is 2.71 bits per heavy atom. The molecule has 1 N–H and O–H groups in total. The van der Waals surface area contributed by atoms with Crippen LogP contribution in [-0.4, -0.2) is 25.2 Å². The van der Waals surface area contributed by atoms with Crippen molar-refractivity contribution in [3.05, 3.63) is 19.2 Å². The lowest BCUT2D eigenvalue weighted by atomic mass is 9.80. The molecule has 0 bridgehead atoms. The molecule has 6 heteroatoms. The first-order chi connectivity index (χ1) is 8.06. The van der Waals surface area contributed by atoms with Gasteiger partial charge in [-0.3, -0.25) is 4.79 Å². The van der Waals surface area contributed by atoms with Gasteiger partial charge in [0.05, 0.1) is 14.3 Å². The van der Waals surface area contributed by atoms with E-state index < -0.39 is 0 Å². The van der Waals surface area contributed by atoms with E-state index in [1.54, 1.807) is 7.11 Å². The third-order valence-electron chi connectivity index (χ3n) is 3.14. The first-order valence-electron chi connectivity index (χ1n) is 5.34. The lowest BCUT2D eigenvalue weighted by Gasteiger charge is -2.40. The Kier molecular flexibility index (Phi) is 4.28. The van der Waals surface area contributed by atoms with E-state index in [4.69, 9.17) is 4.74 Å². The summed E-state index contributed by atoms with van der Waals surface area (Å²) in [6, 6.07) is 1.82. The van der Waals surface area contributed by atoms with Crippen molar-refractivity contribution in [3.8, 4) is 0 Å². The van der Waals surface area contributed by atoms with Gasteiger partial charge in [-0.05, 0) is 57.2 Å². The van der Waals surface area contributed by atoms with Gasteiger partial charge in [0, 0.05) is 18.1 Å². The number of amides is 1. The normalized spacial score (nSPS) is 17.6. The van der Waals surface area contributed by atoms with Crippen LogP contribution in [0.2, 0.25) is 0 Å². The molecule has 94 valence electrons. The van der Waals surface area contributed by atoms with Gasteiger partial charge in [0.1, 0.15) is 0 Å². The number of hydrogen-bond donors (Lipinski definition) is 1. The molecule has 0 aliphatic heterocycles. The number of halogens is 2. The number of rotatable bonds is 4. The van der Waals surface area contributed by atoms with Crippen LogP contribution in [0, 0.1) is 0 Å². The lowest BCUT2D eigenvalue weighted by molar-refractivity contribution is -0.0679. The molecular formula is C11H13Br2NO2S. The molecule has 2 rings (SSSR count). The Labute approximate surface area is 121 Å². The van der Waals surface area contributed by atoms with E-state index in [1.807, 2.05) is 6.07 Å². The van der Waals surface area contributed by atoms with Crippen LogP contribution in [0.3, 0.4) is 0 Å². The number of ether oxygens (including phenoxy) is 1. The van der Waals surface area contributed by atoms with Gasteiger partial charge >= 0.3 is 0 Å². The molecule has 0 radical (unpaired) electrons. The molecule has 1 aromatic heterocycles. The highest BCUT2D eigenvalue weighted by atomic mass is 79.9. The van der Waals surface area contributed by atoms with E-state index in [2.05, 4.69) is 37.2 Å². The van der Waals surface area contributed by atoms with E-state index >= 15 is 0 Å². The molecular weight excluding hydrogens is 370 g/mol. The quantitative estimate of drug-likeness (QED) is 0.864. The maximum absolute atomic E-state index is 11.9. The lowest BCUT2D eigenvalue weighted by Crippen LogP contribution is -2.49. The second-order valence-electron chi connectivity index (χ2n) is 4.16. The summed E-state index contributed by atoms with van der Waals surface area (Å²) in [7, 11) is 1.71. The van der Waals surface area contributed by atoms with Crippen LogP contribution in [0.15, 0.2) is 14.3 Å².